The minimum absolute atomic E-state index is 0.0735. The fourth-order valence-corrected chi connectivity index (χ4v) is 15.8. The molecule has 0 radical (unpaired) electrons. The second-order valence-electron chi connectivity index (χ2n) is 27.0. The number of aliphatic hydroxyl groups is 1. The molecular formula is C92H84Cl3FI6N10O6. The van der Waals surface area contributed by atoms with Crippen LogP contribution in [0, 0.1) is 61.9 Å². The van der Waals surface area contributed by atoms with E-state index in [4.69, 9.17) is 39.9 Å². The molecule has 13 rings (SSSR count). The molecular weight excluding hydrogens is 2230 g/mol. The van der Waals surface area contributed by atoms with Crippen LogP contribution < -0.4 is 52.3 Å². The van der Waals surface area contributed by atoms with Gasteiger partial charge in [0, 0.05) is 110 Å². The van der Waals surface area contributed by atoms with Gasteiger partial charge in [-0.25, -0.2) is 4.39 Å². The van der Waals surface area contributed by atoms with Crippen LogP contribution >= 0.6 is 170 Å². The molecule has 0 aromatic heterocycles. The summed E-state index contributed by atoms with van der Waals surface area (Å²) < 4.78 is 20.6. The van der Waals surface area contributed by atoms with E-state index in [0.29, 0.717) is 55.6 Å². The van der Waals surface area contributed by atoms with Crippen molar-refractivity contribution in [2.24, 2.45) is 0 Å². The smallest absolute Gasteiger partial charge is 0.260 e. The number of amides is 5. The quantitative estimate of drug-likeness (QED) is 0.0230. The van der Waals surface area contributed by atoms with Crippen LogP contribution in [0.4, 0.5) is 72.6 Å². The van der Waals surface area contributed by atoms with Crippen LogP contribution in [0.5, 0.6) is 0 Å². The van der Waals surface area contributed by atoms with Crippen molar-refractivity contribution in [3.63, 3.8) is 0 Å². The number of hydrogen-bond acceptors (Lipinski definition) is 11. The number of halogens is 10. The third-order valence-corrected chi connectivity index (χ3v) is 22.7. The molecule has 0 saturated heterocycles. The van der Waals surface area contributed by atoms with Crippen LogP contribution in [0.1, 0.15) is 92.4 Å². The van der Waals surface area contributed by atoms with Crippen molar-refractivity contribution in [2.45, 2.75) is 53.5 Å². The fraction of sp³-hybridized carbons (Fsp3) is 0.141. The molecule has 0 unspecified atom stereocenters. The number of aryl methyl sites for hydroxylation is 5. The topological polar surface area (TPSA) is 208 Å². The van der Waals surface area contributed by atoms with Crippen LogP contribution in [-0.2, 0) is 0 Å². The van der Waals surface area contributed by atoms with Crippen molar-refractivity contribution in [1.82, 2.24) is 16.0 Å². The minimum Gasteiger partial charge on any atom is -0.395 e. The summed E-state index contributed by atoms with van der Waals surface area (Å²) >= 11 is 31.8. The van der Waals surface area contributed by atoms with Crippen LogP contribution in [-0.4, -0.2) is 74.5 Å². The molecule has 1 saturated carbocycles. The lowest BCUT2D eigenvalue weighted by atomic mass is 10.1. The zero-order valence-corrected chi connectivity index (χ0v) is 80.4. The van der Waals surface area contributed by atoms with Gasteiger partial charge in [-0.3, -0.25) is 24.0 Å². The van der Waals surface area contributed by atoms with Gasteiger partial charge in [-0.2, -0.15) is 0 Å². The predicted molar refractivity (Wildman–Crippen MR) is 537 cm³/mol. The first-order chi connectivity index (χ1) is 56.4. The summed E-state index contributed by atoms with van der Waals surface area (Å²) in [6.07, 6.45) is 3.76. The summed E-state index contributed by atoms with van der Waals surface area (Å²) in [5.41, 5.74) is 17.9. The predicted octanol–water partition coefficient (Wildman–Crippen LogP) is 25.5. The molecule has 12 aromatic rings. The van der Waals surface area contributed by atoms with Gasteiger partial charge in [0.1, 0.15) is 5.82 Å². The van der Waals surface area contributed by atoms with E-state index in [9.17, 15) is 28.4 Å². The summed E-state index contributed by atoms with van der Waals surface area (Å²) in [5.74, 6) is -1.30. The van der Waals surface area contributed by atoms with Crippen LogP contribution in [0.15, 0.2) is 255 Å². The summed E-state index contributed by atoms with van der Waals surface area (Å²) in [7, 11) is 3.45. The Morgan fingerprint density at radius 1 is 0.390 bits per heavy atom. The zero-order valence-electron chi connectivity index (χ0n) is 65.2. The largest absolute Gasteiger partial charge is 0.395 e. The lowest BCUT2D eigenvalue weighted by Crippen LogP contribution is -2.27. The van der Waals surface area contributed by atoms with E-state index >= 15 is 0 Å². The molecule has 0 spiro atoms. The number of para-hydroxylation sites is 2. The highest BCUT2D eigenvalue weighted by Gasteiger charge is 2.26. The summed E-state index contributed by atoms with van der Waals surface area (Å²) in [6.45, 7) is 14.3. The Labute approximate surface area is 785 Å². The van der Waals surface area contributed by atoms with Crippen LogP contribution in [0.25, 0.3) is 0 Å². The van der Waals surface area contributed by atoms with Gasteiger partial charge in [-0.1, -0.05) is 77.3 Å². The van der Waals surface area contributed by atoms with Gasteiger partial charge in [0.2, 0.25) is 0 Å². The maximum atomic E-state index is 13.8. The highest BCUT2D eigenvalue weighted by molar-refractivity contribution is 14.1. The van der Waals surface area contributed by atoms with Gasteiger partial charge in [0.25, 0.3) is 29.5 Å². The number of carbonyl (C=O) groups excluding carboxylic acids is 5. The molecule has 9 N–H and O–H groups in total. The first-order valence-electron chi connectivity index (χ1n) is 36.8. The highest BCUT2D eigenvalue weighted by atomic mass is 127. The van der Waals surface area contributed by atoms with E-state index in [0.717, 1.165) is 110 Å². The van der Waals surface area contributed by atoms with E-state index in [1.54, 1.807) is 67.5 Å². The molecule has 0 aliphatic heterocycles. The van der Waals surface area contributed by atoms with Gasteiger partial charge in [0.15, 0.2) is 0 Å². The second kappa shape index (κ2) is 46.0. The fourth-order valence-electron chi connectivity index (χ4n) is 11.5. The van der Waals surface area contributed by atoms with Crippen molar-refractivity contribution >= 4 is 268 Å². The molecule has 0 bridgehead atoms. The lowest BCUT2D eigenvalue weighted by molar-refractivity contribution is 0.0939. The molecule has 16 nitrogen and oxygen atoms in total. The molecule has 0 atom stereocenters. The number of nitrogens with zero attached hydrogens (tertiary/aromatic N) is 2. The van der Waals surface area contributed by atoms with E-state index in [-0.39, 0.29) is 48.3 Å². The number of carbonyl (C=O) groups is 5. The Balaban J connectivity index is 0.000000169. The molecule has 26 heteroatoms. The first-order valence-corrected chi connectivity index (χ1v) is 44.5. The summed E-state index contributed by atoms with van der Waals surface area (Å²) in [6, 6.07) is 75.4. The first kappa shape index (κ1) is 93.7. The van der Waals surface area contributed by atoms with Gasteiger partial charge < -0.3 is 57.4 Å². The monoisotopic (exact) mass is 2310 g/mol. The third kappa shape index (κ3) is 28.2. The SMILES string of the molecule is C=CCNC(=O)c1cc(Cl)ccc1Nc1ccc(I)cc1C.Cc1cc(I)ccc1Nc1ccc(Cl)cc1C(=O)N(C)c1ccccc1.Cc1cc(I)ccc1Nc1ccc(Cl)cc1C(=O)NC1CC1.Cc1cc(I)ccc1Nc1ccc(F)cc1C(=O)N(C)c1ccccc1.Cc1cc(I)ccc1Nc1ccc(I)cc1C(=O)NCCO. The third-order valence-electron chi connectivity index (χ3n) is 18.0. The van der Waals surface area contributed by atoms with E-state index in [1.165, 1.54) is 31.3 Å². The van der Waals surface area contributed by atoms with E-state index in [1.807, 2.05) is 198 Å². The van der Waals surface area contributed by atoms with Crippen molar-refractivity contribution < 1.29 is 33.5 Å². The molecule has 608 valence electrons. The van der Waals surface area contributed by atoms with Crippen LogP contribution in [0.3, 0.4) is 0 Å². The Hall–Kier alpha value is -8.13. The van der Waals surface area contributed by atoms with Crippen LogP contribution in [0.2, 0.25) is 15.1 Å². The molecule has 1 fully saturated rings. The Morgan fingerprint density at radius 3 is 1.02 bits per heavy atom. The standard InChI is InChI=1S/C21H18ClIN2O.C21H18FIN2O.2C17H16ClIN2O.C16H16I2N2O2/c2*1-14-12-16(23)9-11-19(14)24-20-10-8-15(22)13-18(20)21(26)25(2)17-6-4-3-5-7-17;1-10-8-12(19)3-7-15(10)21-16-6-2-11(18)9-14(16)17(22)20-13-4-5-13;1-3-8-20-17(22)14-10-12(18)4-6-16(14)21-15-7-5-13(19)9-11(15)2;1-10-8-11(17)2-4-14(10)20-15-5-3-12(18)9-13(15)16(22)19-6-7-21/h2*3-13,24H,1-2H3;2-3,6-9,13,21H,4-5H2,1H3,(H,20,22);3-7,9-10,21H,1,8H2,2H3,(H,20,22);2-5,8-9,20-21H,6-7H2,1H3,(H,19,22). The average Bonchev–Trinajstić information content (AvgIpc) is 1.06. The molecule has 118 heavy (non-hydrogen) atoms. The normalized spacial score (nSPS) is 11.0. The second-order valence-corrected chi connectivity index (χ2v) is 35.8. The Kier molecular flexibility index (Phi) is 36.6. The van der Waals surface area contributed by atoms with E-state index in [2.05, 4.69) is 209 Å². The van der Waals surface area contributed by atoms with Crippen molar-refractivity contribution in [3.8, 4) is 0 Å². The van der Waals surface area contributed by atoms with Gasteiger partial charge in [-0.05, 0) is 417 Å². The summed E-state index contributed by atoms with van der Waals surface area (Å²) in [5, 5.41) is 35.5. The summed E-state index contributed by atoms with van der Waals surface area (Å²) in [4.78, 5) is 66.0. The van der Waals surface area contributed by atoms with Gasteiger partial charge in [-0.15, -0.1) is 6.58 Å². The number of nitrogens with one attached hydrogen (secondary N) is 8. The zero-order chi connectivity index (χ0) is 85.3. The molecule has 0 heterocycles. The van der Waals surface area contributed by atoms with Gasteiger partial charge in [0.05, 0.1) is 62.9 Å². The number of benzene rings is 12. The maximum Gasteiger partial charge on any atom is 0.260 e. The highest BCUT2D eigenvalue weighted by Crippen LogP contribution is 2.35. The van der Waals surface area contributed by atoms with Crippen molar-refractivity contribution in [1.29, 1.82) is 0 Å². The Morgan fingerprint density at radius 2 is 0.678 bits per heavy atom. The maximum absolute atomic E-state index is 13.8. The number of hydrogen-bond donors (Lipinski definition) is 9. The minimum atomic E-state index is -0.445. The number of aliphatic hydroxyl groups excluding tert-OH is 1. The molecule has 1 aliphatic carbocycles. The van der Waals surface area contributed by atoms with E-state index < -0.39 is 5.82 Å². The average molecular weight is 2310 g/mol. The van der Waals surface area contributed by atoms with Gasteiger partial charge >= 0.3 is 0 Å². The lowest BCUT2D eigenvalue weighted by Gasteiger charge is -2.20. The number of anilines is 12. The van der Waals surface area contributed by atoms with Crippen molar-refractivity contribution in [2.75, 3.05) is 70.2 Å². The molecule has 12 aromatic carbocycles. The molecule has 1 aliphatic rings. The number of rotatable bonds is 22. The van der Waals surface area contributed by atoms with Crippen molar-refractivity contribution in [3.05, 3.63) is 353 Å². The molecule has 5 amide bonds. The Bertz CT molecular complexity index is 5440.